The molecule has 2 amide bonds. The fraction of sp³-hybridized carbons (Fsp3) is 0.333. The summed E-state index contributed by atoms with van der Waals surface area (Å²) in [5.74, 6) is -0.945. The summed E-state index contributed by atoms with van der Waals surface area (Å²) in [6, 6.07) is 14.6. The van der Waals surface area contributed by atoms with Gasteiger partial charge >= 0.3 is 0 Å². The Labute approximate surface area is 266 Å². The van der Waals surface area contributed by atoms with E-state index in [2.05, 4.69) is 5.32 Å². The van der Waals surface area contributed by atoms with Crippen LogP contribution in [0.1, 0.15) is 43.7 Å². The third-order valence-electron chi connectivity index (χ3n) is 7.30. The number of benzene rings is 3. The number of carbonyl (C=O) groups is 2. The van der Waals surface area contributed by atoms with E-state index < -0.39 is 28.5 Å². The Hall–Kier alpha value is -2.49. The van der Waals surface area contributed by atoms with E-state index in [4.69, 9.17) is 46.4 Å². The summed E-state index contributed by atoms with van der Waals surface area (Å²) in [6.07, 6.45) is 3.79. The van der Waals surface area contributed by atoms with Crippen molar-refractivity contribution in [3.05, 3.63) is 91.9 Å². The Balaban J connectivity index is 1.72. The summed E-state index contributed by atoms with van der Waals surface area (Å²) < 4.78 is 28.9. The maximum absolute atomic E-state index is 14.1. The standard InChI is InChI=1S/C30H31Cl4N3O4S/c1-19-7-12-25(13-8-19)42(40,41)37(24-11-14-26(32)28(34)16-24)18-29(38)36(17-21-9-10-22(31)15-27(21)33)20(2)30(39)35-23-5-3-4-6-23/h7-16,20,23H,3-6,17-18H2,1-2H3,(H,35,39)/t20-/m0/s1. The van der Waals surface area contributed by atoms with Crippen LogP contribution in [0.25, 0.3) is 0 Å². The lowest BCUT2D eigenvalue weighted by atomic mass is 10.1. The van der Waals surface area contributed by atoms with Crippen LogP contribution in [0.5, 0.6) is 0 Å². The number of sulfonamides is 1. The minimum Gasteiger partial charge on any atom is -0.352 e. The molecule has 0 aromatic heterocycles. The van der Waals surface area contributed by atoms with Crippen LogP contribution in [-0.2, 0) is 26.2 Å². The minimum absolute atomic E-state index is 0.00806. The Bertz CT molecular complexity index is 1560. The molecule has 1 atom stereocenters. The number of hydrogen-bond donors (Lipinski definition) is 1. The average molecular weight is 671 g/mol. The number of rotatable bonds is 10. The highest BCUT2D eigenvalue weighted by atomic mass is 35.5. The van der Waals surface area contributed by atoms with Gasteiger partial charge in [-0.05, 0) is 74.7 Å². The van der Waals surface area contributed by atoms with Gasteiger partial charge in [0, 0.05) is 22.6 Å². The molecule has 0 heterocycles. The molecule has 1 fully saturated rings. The number of nitrogens with one attached hydrogen (secondary N) is 1. The van der Waals surface area contributed by atoms with E-state index in [-0.39, 0.29) is 39.1 Å². The van der Waals surface area contributed by atoms with Crippen LogP contribution in [-0.4, -0.2) is 43.8 Å². The number of aryl methyl sites for hydroxylation is 1. The second-order valence-electron chi connectivity index (χ2n) is 10.3. The van der Waals surface area contributed by atoms with E-state index >= 15 is 0 Å². The number of amides is 2. The quantitative estimate of drug-likeness (QED) is 0.246. The molecule has 3 aromatic rings. The maximum Gasteiger partial charge on any atom is 0.264 e. The van der Waals surface area contributed by atoms with Gasteiger partial charge in [-0.25, -0.2) is 8.42 Å². The van der Waals surface area contributed by atoms with E-state index in [0.717, 1.165) is 35.6 Å². The molecule has 0 radical (unpaired) electrons. The van der Waals surface area contributed by atoms with Crippen LogP contribution in [0.3, 0.4) is 0 Å². The molecule has 0 aliphatic heterocycles. The van der Waals surface area contributed by atoms with Crippen LogP contribution in [0.2, 0.25) is 20.1 Å². The zero-order valence-corrected chi connectivity index (χ0v) is 27.0. The maximum atomic E-state index is 14.1. The van der Waals surface area contributed by atoms with Gasteiger partial charge < -0.3 is 10.2 Å². The minimum atomic E-state index is -4.24. The fourth-order valence-corrected chi connectivity index (χ4v) is 6.98. The number of hydrogen-bond acceptors (Lipinski definition) is 4. The van der Waals surface area contributed by atoms with Crippen molar-refractivity contribution >= 4 is 73.9 Å². The van der Waals surface area contributed by atoms with Crippen LogP contribution < -0.4 is 9.62 Å². The van der Waals surface area contributed by atoms with Crippen LogP contribution in [0.4, 0.5) is 5.69 Å². The Kier molecular flexibility index (Phi) is 10.7. The average Bonchev–Trinajstić information content (AvgIpc) is 3.45. The lowest BCUT2D eigenvalue weighted by molar-refractivity contribution is -0.139. The monoisotopic (exact) mass is 669 g/mol. The second-order valence-corrected chi connectivity index (χ2v) is 13.9. The smallest absolute Gasteiger partial charge is 0.264 e. The van der Waals surface area contributed by atoms with Gasteiger partial charge in [0.25, 0.3) is 10.0 Å². The van der Waals surface area contributed by atoms with Gasteiger partial charge in [-0.3, -0.25) is 13.9 Å². The van der Waals surface area contributed by atoms with E-state index in [0.29, 0.717) is 15.6 Å². The van der Waals surface area contributed by atoms with Crippen molar-refractivity contribution in [3.63, 3.8) is 0 Å². The number of anilines is 1. The van der Waals surface area contributed by atoms with Crippen molar-refractivity contribution in [1.29, 1.82) is 0 Å². The predicted octanol–water partition coefficient (Wildman–Crippen LogP) is 7.28. The molecule has 0 unspecified atom stereocenters. The van der Waals surface area contributed by atoms with Crippen molar-refractivity contribution in [1.82, 2.24) is 10.2 Å². The highest BCUT2D eigenvalue weighted by molar-refractivity contribution is 7.92. The Morgan fingerprint density at radius 1 is 0.905 bits per heavy atom. The van der Waals surface area contributed by atoms with Gasteiger partial charge in [-0.1, -0.05) is 83.0 Å². The number of nitrogens with zero attached hydrogens (tertiary/aromatic N) is 2. The van der Waals surface area contributed by atoms with Gasteiger partial charge in [0.15, 0.2) is 0 Å². The molecule has 3 aromatic carbocycles. The molecule has 7 nitrogen and oxygen atoms in total. The molecule has 0 bridgehead atoms. The molecular weight excluding hydrogens is 640 g/mol. The predicted molar refractivity (Wildman–Crippen MR) is 169 cm³/mol. The van der Waals surface area contributed by atoms with Gasteiger partial charge in [0.05, 0.1) is 20.6 Å². The van der Waals surface area contributed by atoms with Crippen LogP contribution in [0, 0.1) is 6.92 Å². The van der Waals surface area contributed by atoms with Crippen molar-refractivity contribution in [2.45, 2.75) is 63.1 Å². The summed E-state index contributed by atoms with van der Waals surface area (Å²) >= 11 is 24.9. The largest absolute Gasteiger partial charge is 0.352 e. The highest BCUT2D eigenvalue weighted by Gasteiger charge is 2.34. The third-order valence-corrected chi connectivity index (χ3v) is 10.4. The van der Waals surface area contributed by atoms with Crippen molar-refractivity contribution in [3.8, 4) is 0 Å². The van der Waals surface area contributed by atoms with Crippen molar-refractivity contribution in [2.75, 3.05) is 10.8 Å². The Morgan fingerprint density at radius 3 is 2.19 bits per heavy atom. The van der Waals surface area contributed by atoms with Gasteiger partial charge in [-0.15, -0.1) is 0 Å². The first kappa shape index (κ1) is 32.4. The molecule has 0 spiro atoms. The summed E-state index contributed by atoms with van der Waals surface area (Å²) in [5, 5.41) is 4.13. The molecule has 1 aliphatic carbocycles. The summed E-state index contributed by atoms with van der Waals surface area (Å²) in [5.41, 5.74) is 1.57. The van der Waals surface area contributed by atoms with E-state index in [1.165, 1.54) is 35.2 Å². The first-order valence-corrected chi connectivity index (χ1v) is 16.4. The molecular formula is C30H31Cl4N3O4S. The first-order valence-electron chi connectivity index (χ1n) is 13.4. The van der Waals surface area contributed by atoms with E-state index in [9.17, 15) is 18.0 Å². The number of carbonyl (C=O) groups excluding carboxylic acids is 2. The zero-order chi connectivity index (χ0) is 30.6. The summed E-state index contributed by atoms with van der Waals surface area (Å²) in [6.45, 7) is 2.80. The number of halogens is 4. The molecule has 4 rings (SSSR count). The summed E-state index contributed by atoms with van der Waals surface area (Å²) in [7, 11) is -4.24. The summed E-state index contributed by atoms with van der Waals surface area (Å²) in [4.78, 5) is 28.7. The second kappa shape index (κ2) is 13.9. The highest BCUT2D eigenvalue weighted by Crippen LogP contribution is 2.31. The third kappa shape index (κ3) is 7.71. The van der Waals surface area contributed by atoms with Crippen LogP contribution >= 0.6 is 46.4 Å². The van der Waals surface area contributed by atoms with Crippen molar-refractivity contribution in [2.24, 2.45) is 0 Å². The first-order chi connectivity index (χ1) is 19.9. The Morgan fingerprint density at radius 2 is 1.57 bits per heavy atom. The molecule has 1 saturated carbocycles. The molecule has 1 N–H and O–H groups in total. The zero-order valence-electron chi connectivity index (χ0n) is 23.1. The molecule has 1 aliphatic rings. The van der Waals surface area contributed by atoms with E-state index in [1.807, 2.05) is 6.92 Å². The SMILES string of the molecule is Cc1ccc(S(=O)(=O)N(CC(=O)N(Cc2ccc(Cl)cc2Cl)[C@@H](C)C(=O)NC2CCCC2)c2ccc(Cl)c(Cl)c2)cc1. The molecule has 224 valence electrons. The molecule has 42 heavy (non-hydrogen) atoms. The van der Waals surface area contributed by atoms with Crippen LogP contribution in [0.15, 0.2) is 65.6 Å². The van der Waals surface area contributed by atoms with Gasteiger partial charge in [0.2, 0.25) is 11.8 Å². The van der Waals surface area contributed by atoms with E-state index in [1.54, 1.807) is 37.3 Å². The topological polar surface area (TPSA) is 86.8 Å². The van der Waals surface area contributed by atoms with Crippen molar-refractivity contribution < 1.29 is 18.0 Å². The molecule has 0 saturated heterocycles. The molecule has 12 heteroatoms. The fourth-order valence-electron chi connectivity index (χ4n) is 4.81. The normalized spacial score (nSPS) is 14.4. The lowest BCUT2D eigenvalue weighted by Gasteiger charge is -2.32. The lowest BCUT2D eigenvalue weighted by Crippen LogP contribution is -2.52. The van der Waals surface area contributed by atoms with Gasteiger partial charge in [0.1, 0.15) is 12.6 Å². The van der Waals surface area contributed by atoms with Gasteiger partial charge in [-0.2, -0.15) is 0 Å².